The van der Waals surface area contributed by atoms with E-state index >= 15 is 0 Å². The van der Waals surface area contributed by atoms with Gasteiger partial charge in [-0.05, 0) is 25.5 Å². The van der Waals surface area contributed by atoms with E-state index in [1.54, 1.807) is 12.1 Å². The van der Waals surface area contributed by atoms with Crippen molar-refractivity contribution in [2.75, 3.05) is 39.4 Å². The molecule has 1 atom stereocenters. The van der Waals surface area contributed by atoms with E-state index in [2.05, 4.69) is 17.1 Å². The van der Waals surface area contributed by atoms with E-state index in [0.29, 0.717) is 6.04 Å². The Bertz CT molecular complexity index is 444. The van der Waals surface area contributed by atoms with Gasteiger partial charge in [-0.3, -0.25) is 15.0 Å². The van der Waals surface area contributed by atoms with Crippen molar-refractivity contribution in [3.8, 4) is 0 Å². The molecule has 6 nitrogen and oxygen atoms in total. The van der Waals surface area contributed by atoms with Crippen molar-refractivity contribution in [3.63, 3.8) is 0 Å². The Labute approximate surface area is 125 Å². The van der Waals surface area contributed by atoms with Gasteiger partial charge in [0, 0.05) is 37.8 Å². The number of nitrogens with zero attached hydrogens (tertiary/aromatic N) is 2. The molecular weight excluding hydrogens is 270 g/mol. The number of rotatable bonds is 7. The zero-order chi connectivity index (χ0) is 15.1. The summed E-state index contributed by atoms with van der Waals surface area (Å²) in [5, 5.41) is 14.1. The summed E-state index contributed by atoms with van der Waals surface area (Å²) in [5.74, 6) is 0. The molecule has 116 valence electrons. The Morgan fingerprint density at radius 3 is 2.62 bits per heavy atom. The average Bonchev–Trinajstić information content (AvgIpc) is 2.49. The maximum absolute atomic E-state index is 10.6. The molecule has 0 bridgehead atoms. The highest BCUT2D eigenvalue weighted by atomic mass is 16.6. The third-order valence-corrected chi connectivity index (χ3v) is 3.69. The van der Waals surface area contributed by atoms with Gasteiger partial charge in [-0.2, -0.15) is 0 Å². The van der Waals surface area contributed by atoms with Crippen LogP contribution in [0, 0.1) is 10.1 Å². The number of hydrogen-bond donors (Lipinski definition) is 1. The van der Waals surface area contributed by atoms with Crippen LogP contribution in [0.3, 0.4) is 0 Å². The second-order valence-electron chi connectivity index (χ2n) is 5.44. The van der Waals surface area contributed by atoms with Crippen LogP contribution in [0.5, 0.6) is 0 Å². The van der Waals surface area contributed by atoms with Crippen molar-refractivity contribution in [1.82, 2.24) is 10.2 Å². The number of benzene rings is 1. The minimum absolute atomic E-state index is 0.146. The molecule has 0 spiro atoms. The fourth-order valence-electron chi connectivity index (χ4n) is 2.48. The van der Waals surface area contributed by atoms with Crippen molar-refractivity contribution in [2.45, 2.75) is 19.4 Å². The Morgan fingerprint density at radius 2 is 2.00 bits per heavy atom. The normalized spacial score (nSPS) is 17.6. The molecule has 0 radical (unpaired) electrons. The molecule has 1 unspecified atom stereocenters. The van der Waals surface area contributed by atoms with Crippen LogP contribution in [0.15, 0.2) is 24.3 Å². The summed E-state index contributed by atoms with van der Waals surface area (Å²) in [6.45, 7) is 7.77. The SMILES string of the molecule is CC(CN1CCOCC1)NCCc1ccc([N+](=O)[O-])cc1. The number of non-ortho nitro benzene ring substituents is 1. The van der Waals surface area contributed by atoms with Gasteiger partial charge < -0.3 is 10.1 Å². The lowest BCUT2D eigenvalue weighted by molar-refractivity contribution is -0.384. The minimum atomic E-state index is -0.369. The van der Waals surface area contributed by atoms with Crippen molar-refractivity contribution in [3.05, 3.63) is 39.9 Å². The first-order valence-corrected chi connectivity index (χ1v) is 7.42. The first-order valence-electron chi connectivity index (χ1n) is 7.42. The van der Waals surface area contributed by atoms with Crippen molar-refractivity contribution >= 4 is 5.69 Å². The van der Waals surface area contributed by atoms with Gasteiger partial charge in [-0.25, -0.2) is 0 Å². The van der Waals surface area contributed by atoms with Crippen LogP contribution >= 0.6 is 0 Å². The van der Waals surface area contributed by atoms with Gasteiger partial charge in [0.25, 0.3) is 5.69 Å². The summed E-state index contributed by atoms with van der Waals surface area (Å²) in [4.78, 5) is 12.6. The van der Waals surface area contributed by atoms with Crippen molar-refractivity contribution in [1.29, 1.82) is 0 Å². The fraction of sp³-hybridized carbons (Fsp3) is 0.600. The summed E-state index contributed by atoms with van der Waals surface area (Å²) >= 11 is 0. The Kier molecular flexibility index (Phi) is 6.10. The highest BCUT2D eigenvalue weighted by Gasteiger charge is 2.13. The number of ether oxygens (including phenoxy) is 1. The summed E-state index contributed by atoms with van der Waals surface area (Å²) in [5.41, 5.74) is 1.26. The van der Waals surface area contributed by atoms with Crippen LogP contribution in [0.2, 0.25) is 0 Å². The largest absolute Gasteiger partial charge is 0.379 e. The van der Waals surface area contributed by atoms with E-state index in [4.69, 9.17) is 4.74 Å². The molecule has 0 aliphatic carbocycles. The van der Waals surface area contributed by atoms with Gasteiger partial charge in [0.15, 0.2) is 0 Å². The van der Waals surface area contributed by atoms with Gasteiger partial charge >= 0.3 is 0 Å². The third-order valence-electron chi connectivity index (χ3n) is 3.69. The number of hydrogen-bond acceptors (Lipinski definition) is 5. The summed E-state index contributed by atoms with van der Waals surface area (Å²) in [7, 11) is 0. The van der Waals surface area contributed by atoms with Crippen LogP contribution in [-0.4, -0.2) is 55.3 Å². The molecule has 0 aromatic heterocycles. The highest BCUT2D eigenvalue weighted by molar-refractivity contribution is 5.32. The van der Waals surface area contributed by atoms with E-state index in [1.165, 1.54) is 0 Å². The fourth-order valence-corrected chi connectivity index (χ4v) is 2.48. The molecule has 1 aromatic rings. The Balaban J connectivity index is 1.67. The lowest BCUT2D eigenvalue weighted by atomic mass is 10.1. The van der Waals surface area contributed by atoms with Gasteiger partial charge in [-0.1, -0.05) is 12.1 Å². The topological polar surface area (TPSA) is 67.6 Å². The molecule has 1 aliphatic heterocycles. The van der Waals surface area contributed by atoms with Crippen LogP contribution in [0.25, 0.3) is 0 Å². The lowest BCUT2D eigenvalue weighted by Gasteiger charge is -2.29. The third kappa shape index (κ3) is 5.41. The number of nitro benzene ring substituents is 1. The van der Waals surface area contributed by atoms with Gasteiger partial charge in [0.05, 0.1) is 18.1 Å². The zero-order valence-corrected chi connectivity index (χ0v) is 12.5. The monoisotopic (exact) mass is 293 g/mol. The van der Waals surface area contributed by atoms with Crippen LogP contribution in [0.4, 0.5) is 5.69 Å². The van der Waals surface area contributed by atoms with E-state index in [1.807, 2.05) is 12.1 Å². The molecule has 1 aliphatic rings. The zero-order valence-electron chi connectivity index (χ0n) is 12.5. The van der Waals surface area contributed by atoms with Gasteiger partial charge in [-0.15, -0.1) is 0 Å². The molecule has 6 heteroatoms. The standard InChI is InChI=1S/C15H23N3O3/c1-13(12-17-8-10-21-11-9-17)16-7-6-14-2-4-15(5-3-14)18(19)20/h2-5,13,16H,6-12H2,1H3. The molecule has 1 saturated heterocycles. The summed E-state index contributed by atoms with van der Waals surface area (Å²) in [6, 6.07) is 7.21. The molecule has 1 N–H and O–H groups in total. The summed E-state index contributed by atoms with van der Waals surface area (Å²) in [6.07, 6.45) is 0.880. The van der Waals surface area contributed by atoms with Gasteiger partial charge in [0.1, 0.15) is 0 Å². The second-order valence-corrected chi connectivity index (χ2v) is 5.44. The Hall–Kier alpha value is -1.50. The quantitative estimate of drug-likeness (QED) is 0.609. The molecular formula is C15H23N3O3. The average molecular weight is 293 g/mol. The molecule has 21 heavy (non-hydrogen) atoms. The minimum Gasteiger partial charge on any atom is -0.379 e. The summed E-state index contributed by atoms with van der Waals surface area (Å²) < 4.78 is 5.34. The predicted molar refractivity (Wildman–Crippen MR) is 81.5 cm³/mol. The number of nitro groups is 1. The Morgan fingerprint density at radius 1 is 1.33 bits per heavy atom. The number of nitrogens with one attached hydrogen (secondary N) is 1. The molecule has 1 aromatic carbocycles. The van der Waals surface area contributed by atoms with E-state index in [-0.39, 0.29) is 10.6 Å². The lowest BCUT2D eigenvalue weighted by Crippen LogP contribution is -2.44. The highest BCUT2D eigenvalue weighted by Crippen LogP contribution is 2.12. The van der Waals surface area contributed by atoms with Crippen LogP contribution < -0.4 is 5.32 Å². The predicted octanol–water partition coefficient (Wildman–Crippen LogP) is 1.45. The van der Waals surface area contributed by atoms with Crippen LogP contribution in [0.1, 0.15) is 12.5 Å². The maximum Gasteiger partial charge on any atom is 0.269 e. The van der Waals surface area contributed by atoms with Crippen molar-refractivity contribution in [2.24, 2.45) is 0 Å². The molecule has 1 heterocycles. The van der Waals surface area contributed by atoms with Gasteiger partial charge in [0.2, 0.25) is 0 Å². The molecule has 0 amide bonds. The van der Waals surface area contributed by atoms with Crippen LogP contribution in [-0.2, 0) is 11.2 Å². The molecule has 2 rings (SSSR count). The first-order chi connectivity index (χ1) is 10.1. The molecule has 1 fully saturated rings. The number of morpholine rings is 1. The second kappa shape index (κ2) is 8.07. The first kappa shape index (κ1) is 15.9. The maximum atomic E-state index is 10.6. The van der Waals surface area contributed by atoms with E-state index in [0.717, 1.165) is 51.4 Å². The molecule has 0 saturated carbocycles. The van der Waals surface area contributed by atoms with Crippen molar-refractivity contribution < 1.29 is 9.66 Å². The smallest absolute Gasteiger partial charge is 0.269 e. The van der Waals surface area contributed by atoms with E-state index < -0.39 is 0 Å². The van der Waals surface area contributed by atoms with E-state index in [9.17, 15) is 10.1 Å².